The molecule has 1 aliphatic carbocycles. The van der Waals surface area contributed by atoms with Crippen LogP contribution in [0, 0.1) is 17.2 Å². The highest BCUT2D eigenvalue weighted by molar-refractivity contribution is 7.16. The second kappa shape index (κ2) is 7.03. The molecule has 3 N–H and O–H groups in total. The Labute approximate surface area is 149 Å². The largest absolute Gasteiger partial charge is 0.365 e. The Balaban J connectivity index is 1.77. The molecule has 2 aromatic heterocycles. The average Bonchev–Trinajstić information content (AvgIpc) is 2.90. The number of pyridine rings is 1. The first-order valence-corrected chi connectivity index (χ1v) is 8.93. The third-order valence-corrected chi connectivity index (χ3v) is 5.52. The minimum atomic E-state index is -0.540. The van der Waals surface area contributed by atoms with Gasteiger partial charge in [-0.25, -0.2) is 0 Å². The lowest BCUT2D eigenvalue weighted by Crippen LogP contribution is -2.40. The number of thiophene rings is 1. The molecule has 25 heavy (non-hydrogen) atoms. The summed E-state index contributed by atoms with van der Waals surface area (Å²) in [7, 11) is 0. The van der Waals surface area contributed by atoms with Gasteiger partial charge in [-0.1, -0.05) is 6.92 Å². The Hall–Kier alpha value is -2.72. The second-order valence-corrected chi connectivity index (χ2v) is 7.45. The van der Waals surface area contributed by atoms with E-state index in [-0.39, 0.29) is 12.5 Å². The number of hydrogen-bond donors (Lipinski definition) is 2. The Morgan fingerprint density at radius 1 is 1.52 bits per heavy atom. The molecule has 0 spiro atoms. The number of aromatic nitrogens is 1. The summed E-state index contributed by atoms with van der Waals surface area (Å²) in [5, 5.41) is 13.0. The molecule has 1 aliphatic rings. The fraction of sp³-hybridized carbons (Fsp3) is 0.333. The lowest BCUT2D eigenvalue weighted by Gasteiger charge is -2.17. The predicted molar refractivity (Wildman–Crippen MR) is 94.0 cm³/mol. The Morgan fingerprint density at radius 2 is 2.32 bits per heavy atom. The van der Waals surface area contributed by atoms with Gasteiger partial charge in [0.05, 0.1) is 5.56 Å². The normalized spacial score (nSPS) is 15.9. The fourth-order valence-electron chi connectivity index (χ4n) is 3.06. The molecular formula is C18H19N4O2S+. The summed E-state index contributed by atoms with van der Waals surface area (Å²) < 4.78 is 1.59. The summed E-state index contributed by atoms with van der Waals surface area (Å²) in [6.07, 6.45) is 6.15. The van der Waals surface area contributed by atoms with Crippen molar-refractivity contribution in [3.05, 3.63) is 46.1 Å². The molecule has 0 bridgehead atoms. The van der Waals surface area contributed by atoms with Gasteiger partial charge in [0.2, 0.25) is 6.54 Å². The highest BCUT2D eigenvalue weighted by atomic mass is 32.1. The number of amides is 2. The number of carbonyl (C=O) groups is 2. The van der Waals surface area contributed by atoms with E-state index in [1.54, 1.807) is 22.9 Å². The van der Waals surface area contributed by atoms with Crippen LogP contribution in [0.1, 0.15) is 39.7 Å². The standard InChI is InChI=1S/C18H18N4O2S/c1-11-4-5-13-14(8-19)18(25-15(13)7-11)21-16(23)10-22-6-2-3-12(9-22)17(20)24/h2-3,6,9,11H,4-5,7,10H2,1H3,(H2-,20,21,23,24)/p+1/t11-/m1/s1. The number of fused-ring (bicyclic) bond motifs is 1. The zero-order valence-electron chi connectivity index (χ0n) is 13.9. The van der Waals surface area contributed by atoms with Gasteiger partial charge < -0.3 is 11.1 Å². The van der Waals surface area contributed by atoms with E-state index in [0.717, 1.165) is 24.8 Å². The van der Waals surface area contributed by atoms with E-state index in [9.17, 15) is 14.9 Å². The van der Waals surface area contributed by atoms with Crippen molar-refractivity contribution in [3.63, 3.8) is 0 Å². The Morgan fingerprint density at radius 3 is 3.04 bits per heavy atom. The molecule has 1 atom stereocenters. The molecule has 0 saturated carbocycles. The number of nitrogens with one attached hydrogen (secondary N) is 1. The molecule has 0 radical (unpaired) electrons. The zero-order valence-corrected chi connectivity index (χ0v) is 14.7. The SMILES string of the molecule is C[C@@H]1CCc2c(sc(NC(=O)C[n+]3cccc(C(N)=O)c3)c2C#N)C1. The van der Waals surface area contributed by atoms with Crippen molar-refractivity contribution in [3.8, 4) is 6.07 Å². The van der Waals surface area contributed by atoms with Crippen LogP contribution in [0.3, 0.4) is 0 Å². The summed E-state index contributed by atoms with van der Waals surface area (Å²) in [4.78, 5) is 24.8. The van der Waals surface area contributed by atoms with Crippen molar-refractivity contribution in [1.29, 1.82) is 5.26 Å². The van der Waals surface area contributed by atoms with E-state index < -0.39 is 5.91 Å². The van der Waals surface area contributed by atoms with E-state index in [1.165, 1.54) is 22.4 Å². The summed E-state index contributed by atoms with van der Waals surface area (Å²) in [6.45, 7) is 2.25. The third-order valence-electron chi connectivity index (χ3n) is 4.35. The molecule has 6 nitrogen and oxygen atoms in total. The topological polar surface area (TPSA) is 99.9 Å². The van der Waals surface area contributed by atoms with Crippen molar-refractivity contribution in [1.82, 2.24) is 0 Å². The molecule has 0 aliphatic heterocycles. The fourth-order valence-corrected chi connectivity index (χ4v) is 4.43. The first kappa shape index (κ1) is 17.1. The Kier molecular flexibility index (Phi) is 4.81. The molecule has 2 aromatic rings. The van der Waals surface area contributed by atoms with Gasteiger partial charge in [-0.05, 0) is 36.8 Å². The molecule has 2 heterocycles. The molecule has 0 fully saturated rings. The highest BCUT2D eigenvalue weighted by Crippen LogP contribution is 2.39. The lowest BCUT2D eigenvalue weighted by atomic mass is 9.89. The molecule has 2 amide bonds. The van der Waals surface area contributed by atoms with Crippen LogP contribution in [0.25, 0.3) is 0 Å². The van der Waals surface area contributed by atoms with Crippen LogP contribution < -0.4 is 15.6 Å². The second-order valence-electron chi connectivity index (χ2n) is 6.35. The maximum atomic E-state index is 12.4. The number of carbonyl (C=O) groups excluding carboxylic acids is 2. The predicted octanol–water partition coefficient (Wildman–Crippen LogP) is 1.77. The molecular weight excluding hydrogens is 336 g/mol. The average molecular weight is 355 g/mol. The zero-order chi connectivity index (χ0) is 18.0. The molecule has 0 unspecified atom stereocenters. The van der Waals surface area contributed by atoms with Gasteiger partial charge in [-0.2, -0.15) is 9.83 Å². The summed E-state index contributed by atoms with van der Waals surface area (Å²) in [6, 6.07) is 5.50. The van der Waals surface area contributed by atoms with Crippen molar-refractivity contribution >= 4 is 28.2 Å². The van der Waals surface area contributed by atoms with Crippen LogP contribution in [0.4, 0.5) is 5.00 Å². The van der Waals surface area contributed by atoms with E-state index >= 15 is 0 Å². The number of primary amides is 1. The van der Waals surface area contributed by atoms with E-state index in [1.807, 2.05) is 0 Å². The smallest absolute Gasteiger partial charge is 0.290 e. The Bertz CT molecular complexity index is 882. The molecule has 128 valence electrons. The number of rotatable bonds is 4. The number of nitrogens with two attached hydrogens (primary N) is 1. The van der Waals surface area contributed by atoms with Crippen molar-refractivity contribution in [2.75, 3.05) is 5.32 Å². The third kappa shape index (κ3) is 3.69. The monoisotopic (exact) mass is 355 g/mol. The number of hydrogen-bond acceptors (Lipinski definition) is 4. The van der Waals surface area contributed by atoms with E-state index in [0.29, 0.717) is 22.0 Å². The number of nitriles is 1. The molecule has 3 rings (SSSR count). The van der Waals surface area contributed by atoms with Gasteiger partial charge in [0.1, 0.15) is 16.6 Å². The number of nitrogens with zero attached hydrogens (tertiary/aromatic N) is 2. The van der Waals surface area contributed by atoms with E-state index in [2.05, 4.69) is 18.3 Å². The van der Waals surface area contributed by atoms with E-state index in [4.69, 9.17) is 5.73 Å². The molecule has 0 saturated heterocycles. The first-order valence-electron chi connectivity index (χ1n) is 8.11. The van der Waals surface area contributed by atoms with Gasteiger partial charge in [-0.3, -0.25) is 9.59 Å². The highest BCUT2D eigenvalue weighted by Gasteiger charge is 2.25. The maximum absolute atomic E-state index is 12.4. The summed E-state index contributed by atoms with van der Waals surface area (Å²) >= 11 is 1.50. The van der Waals surface area contributed by atoms with Gasteiger partial charge >= 0.3 is 0 Å². The van der Waals surface area contributed by atoms with Crippen LogP contribution in [0.5, 0.6) is 0 Å². The van der Waals surface area contributed by atoms with Crippen LogP contribution in [-0.2, 0) is 24.2 Å². The lowest BCUT2D eigenvalue weighted by molar-refractivity contribution is -0.684. The van der Waals surface area contributed by atoms with Crippen LogP contribution in [-0.4, -0.2) is 11.8 Å². The minimum Gasteiger partial charge on any atom is -0.365 e. The maximum Gasteiger partial charge on any atom is 0.290 e. The summed E-state index contributed by atoms with van der Waals surface area (Å²) in [5.41, 5.74) is 7.28. The van der Waals surface area contributed by atoms with Crippen molar-refractivity contribution < 1.29 is 14.2 Å². The molecule has 7 heteroatoms. The quantitative estimate of drug-likeness (QED) is 0.818. The molecule has 0 aromatic carbocycles. The van der Waals surface area contributed by atoms with Gasteiger partial charge in [-0.15, -0.1) is 11.3 Å². The van der Waals surface area contributed by atoms with Crippen molar-refractivity contribution in [2.45, 2.75) is 32.7 Å². The van der Waals surface area contributed by atoms with Gasteiger partial charge in [0.15, 0.2) is 12.4 Å². The summed E-state index contributed by atoms with van der Waals surface area (Å²) in [5.74, 6) is -0.176. The van der Waals surface area contributed by atoms with Crippen molar-refractivity contribution in [2.24, 2.45) is 11.7 Å². The minimum absolute atomic E-state index is 0.0466. The van der Waals surface area contributed by atoms with Crippen LogP contribution in [0.2, 0.25) is 0 Å². The number of anilines is 1. The van der Waals surface area contributed by atoms with Gasteiger partial charge in [0.25, 0.3) is 11.8 Å². The first-order chi connectivity index (χ1) is 12.0. The van der Waals surface area contributed by atoms with Gasteiger partial charge in [0, 0.05) is 10.9 Å². The van der Waals surface area contributed by atoms with Crippen LogP contribution >= 0.6 is 11.3 Å². The van der Waals surface area contributed by atoms with Crippen LogP contribution in [0.15, 0.2) is 24.5 Å².